The number of rotatable bonds is 4. The molecule has 1 aromatic carbocycles. The van der Waals surface area contributed by atoms with Crippen molar-refractivity contribution in [3.8, 4) is 0 Å². The van der Waals surface area contributed by atoms with Crippen LogP contribution in [0.1, 0.15) is 32.3 Å². The van der Waals surface area contributed by atoms with Gasteiger partial charge in [0.25, 0.3) is 0 Å². The minimum absolute atomic E-state index is 0.162. The van der Waals surface area contributed by atoms with Gasteiger partial charge in [-0.2, -0.15) is 0 Å². The van der Waals surface area contributed by atoms with Crippen LogP contribution in [0.2, 0.25) is 0 Å². The summed E-state index contributed by atoms with van der Waals surface area (Å²) in [5, 5.41) is 15.6. The molecule has 1 amide bonds. The number of carboxylic acids is 1. The Morgan fingerprint density at radius 2 is 1.83 bits per heavy atom. The number of aliphatic carboxylic acids is 1. The first-order valence-electron chi connectivity index (χ1n) is 8.08. The van der Waals surface area contributed by atoms with E-state index in [1.165, 1.54) is 4.70 Å². The van der Waals surface area contributed by atoms with E-state index < -0.39 is 17.8 Å². The fraction of sp³-hybridized carbons (Fsp3) is 0.368. The summed E-state index contributed by atoms with van der Waals surface area (Å²) in [5.74, 6) is -2.17. The Kier molecular flexibility index (Phi) is 4.71. The molecule has 3 rings (SSSR count). The zero-order valence-electron chi connectivity index (χ0n) is 13.8. The van der Waals surface area contributed by atoms with Crippen LogP contribution in [0.25, 0.3) is 10.1 Å². The minimum Gasteiger partial charge on any atom is -0.481 e. The molecule has 1 aliphatic carbocycles. The number of thiophene rings is 1. The molecule has 2 N–H and O–H groups in total. The van der Waals surface area contributed by atoms with Crippen molar-refractivity contribution in [2.45, 2.75) is 33.2 Å². The lowest BCUT2D eigenvalue weighted by Gasteiger charge is -2.29. The SMILES string of the molecule is CC1=C(C)C[C@@H](C(=O)NCc2csc3ccccc23)[C@H](C(=O)O)C1. The third-order valence-corrected chi connectivity index (χ3v) is 5.95. The second-order valence-electron chi connectivity index (χ2n) is 6.50. The molecule has 1 aromatic heterocycles. The van der Waals surface area contributed by atoms with E-state index in [0.717, 1.165) is 22.1 Å². The number of carbonyl (C=O) groups is 2. The molecule has 0 spiro atoms. The van der Waals surface area contributed by atoms with Crippen molar-refractivity contribution in [1.29, 1.82) is 0 Å². The highest BCUT2D eigenvalue weighted by Crippen LogP contribution is 2.34. The summed E-state index contributed by atoms with van der Waals surface area (Å²) in [4.78, 5) is 24.1. The van der Waals surface area contributed by atoms with Crippen molar-refractivity contribution in [2.75, 3.05) is 0 Å². The average Bonchev–Trinajstić information content (AvgIpc) is 2.97. The Balaban J connectivity index is 1.73. The Labute approximate surface area is 145 Å². The quantitative estimate of drug-likeness (QED) is 0.826. The number of carbonyl (C=O) groups excluding carboxylic acids is 1. The molecule has 5 heteroatoms. The summed E-state index contributed by atoms with van der Waals surface area (Å²) in [5.41, 5.74) is 3.30. The van der Waals surface area contributed by atoms with Crippen molar-refractivity contribution in [1.82, 2.24) is 5.32 Å². The third kappa shape index (κ3) is 3.22. The maximum atomic E-state index is 12.6. The topological polar surface area (TPSA) is 66.4 Å². The number of allylic oxidation sites excluding steroid dienone is 2. The van der Waals surface area contributed by atoms with Gasteiger partial charge in [0.2, 0.25) is 5.91 Å². The maximum Gasteiger partial charge on any atom is 0.307 e. The molecule has 1 aliphatic rings. The van der Waals surface area contributed by atoms with E-state index in [1.54, 1.807) is 11.3 Å². The van der Waals surface area contributed by atoms with E-state index in [4.69, 9.17) is 0 Å². The second kappa shape index (κ2) is 6.77. The molecule has 0 saturated carbocycles. The summed E-state index contributed by atoms with van der Waals surface area (Å²) in [7, 11) is 0. The molecule has 0 aliphatic heterocycles. The summed E-state index contributed by atoms with van der Waals surface area (Å²) in [6.45, 7) is 4.38. The van der Waals surface area contributed by atoms with Crippen molar-refractivity contribution in [3.05, 3.63) is 46.4 Å². The maximum absolute atomic E-state index is 12.6. The van der Waals surface area contributed by atoms with Crippen LogP contribution in [-0.4, -0.2) is 17.0 Å². The predicted molar refractivity (Wildman–Crippen MR) is 95.9 cm³/mol. The highest BCUT2D eigenvalue weighted by molar-refractivity contribution is 7.17. The van der Waals surface area contributed by atoms with Gasteiger partial charge in [0, 0.05) is 11.2 Å². The lowest BCUT2D eigenvalue weighted by atomic mass is 9.76. The predicted octanol–water partition coefficient (Wildman–Crippen LogP) is 3.96. The lowest BCUT2D eigenvalue weighted by Crippen LogP contribution is -2.39. The average molecular weight is 343 g/mol. The molecule has 0 bridgehead atoms. The lowest BCUT2D eigenvalue weighted by molar-refractivity contribution is -0.147. The highest BCUT2D eigenvalue weighted by atomic mass is 32.1. The first-order chi connectivity index (χ1) is 11.5. The smallest absolute Gasteiger partial charge is 0.307 e. The van der Waals surface area contributed by atoms with Crippen LogP contribution in [0.5, 0.6) is 0 Å². The minimum atomic E-state index is -0.886. The Morgan fingerprint density at radius 3 is 2.54 bits per heavy atom. The highest BCUT2D eigenvalue weighted by Gasteiger charge is 2.37. The standard InChI is InChI=1S/C19H21NO3S/c1-11-7-15(16(19(22)23)8-12(11)2)18(21)20-9-13-10-24-17-6-4-3-5-14(13)17/h3-6,10,15-16H,7-9H2,1-2H3,(H,20,21)(H,22,23)/t15-,16-/m1/s1. The Bertz CT molecular complexity index is 821. The number of carboxylic acid groups (broad SMARTS) is 1. The number of fused-ring (bicyclic) bond motifs is 1. The molecule has 0 fully saturated rings. The Hall–Kier alpha value is -2.14. The van der Waals surface area contributed by atoms with E-state index in [2.05, 4.69) is 16.8 Å². The molecule has 0 saturated heterocycles. The number of nitrogens with one attached hydrogen (secondary N) is 1. The van der Waals surface area contributed by atoms with Crippen molar-refractivity contribution < 1.29 is 14.7 Å². The van der Waals surface area contributed by atoms with Gasteiger partial charge in [-0.3, -0.25) is 9.59 Å². The molecule has 2 aromatic rings. The first-order valence-corrected chi connectivity index (χ1v) is 8.96. The van der Waals surface area contributed by atoms with E-state index in [1.807, 2.05) is 32.0 Å². The van der Waals surface area contributed by atoms with Crippen LogP contribution < -0.4 is 5.32 Å². The summed E-state index contributed by atoms with van der Waals surface area (Å²) in [6.07, 6.45) is 0.986. The molecule has 2 atom stereocenters. The van der Waals surface area contributed by atoms with Gasteiger partial charge in [-0.05, 0) is 49.1 Å². The zero-order chi connectivity index (χ0) is 17.3. The van der Waals surface area contributed by atoms with Crippen LogP contribution >= 0.6 is 11.3 Å². The second-order valence-corrected chi connectivity index (χ2v) is 7.41. The van der Waals surface area contributed by atoms with E-state index in [-0.39, 0.29) is 5.91 Å². The first kappa shape index (κ1) is 16.7. The molecule has 24 heavy (non-hydrogen) atoms. The number of hydrogen-bond acceptors (Lipinski definition) is 3. The largest absolute Gasteiger partial charge is 0.481 e. The van der Waals surface area contributed by atoms with Crippen LogP contribution in [-0.2, 0) is 16.1 Å². The molecule has 126 valence electrons. The summed E-state index contributed by atoms with van der Waals surface area (Å²) < 4.78 is 1.19. The van der Waals surface area contributed by atoms with Gasteiger partial charge in [0.1, 0.15) is 0 Å². The fourth-order valence-electron chi connectivity index (χ4n) is 3.31. The van der Waals surface area contributed by atoms with Crippen molar-refractivity contribution in [3.63, 3.8) is 0 Å². The molecule has 4 nitrogen and oxygen atoms in total. The normalized spacial score (nSPS) is 21.1. The van der Waals surface area contributed by atoms with Gasteiger partial charge < -0.3 is 10.4 Å². The van der Waals surface area contributed by atoms with E-state index in [9.17, 15) is 14.7 Å². The fourth-order valence-corrected chi connectivity index (χ4v) is 4.27. The van der Waals surface area contributed by atoms with Gasteiger partial charge in [0.15, 0.2) is 0 Å². The third-order valence-electron chi connectivity index (χ3n) is 4.93. The molecular formula is C19H21NO3S. The number of amides is 1. The van der Waals surface area contributed by atoms with E-state index in [0.29, 0.717) is 19.4 Å². The van der Waals surface area contributed by atoms with Crippen LogP contribution in [0.15, 0.2) is 40.8 Å². The van der Waals surface area contributed by atoms with Crippen LogP contribution in [0.4, 0.5) is 0 Å². The molecular weight excluding hydrogens is 322 g/mol. The molecule has 0 unspecified atom stereocenters. The molecule has 0 radical (unpaired) electrons. The number of benzene rings is 1. The monoisotopic (exact) mass is 343 g/mol. The van der Waals surface area contributed by atoms with Gasteiger partial charge in [-0.1, -0.05) is 29.3 Å². The Morgan fingerprint density at radius 1 is 1.17 bits per heavy atom. The zero-order valence-corrected chi connectivity index (χ0v) is 14.7. The van der Waals surface area contributed by atoms with Gasteiger partial charge >= 0.3 is 5.97 Å². The van der Waals surface area contributed by atoms with Gasteiger partial charge in [-0.15, -0.1) is 11.3 Å². The van der Waals surface area contributed by atoms with E-state index >= 15 is 0 Å². The molecule has 1 heterocycles. The van der Waals surface area contributed by atoms with Gasteiger partial charge in [0.05, 0.1) is 11.8 Å². The van der Waals surface area contributed by atoms with Crippen LogP contribution in [0, 0.1) is 11.8 Å². The summed E-state index contributed by atoms with van der Waals surface area (Å²) in [6, 6.07) is 8.09. The van der Waals surface area contributed by atoms with Crippen LogP contribution in [0.3, 0.4) is 0 Å². The van der Waals surface area contributed by atoms with Crippen molar-refractivity contribution in [2.24, 2.45) is 11.8 Å². The summed E-state index contributed by atoms with van der Waals surface area (Å²) >= 11 is 1.65. The van der Waals surface area contributed by atoms with Crippen molar-refractivity contribution >= 4 is 33.3 Å². The van der Waals surface area contributed by atoms with Gasteiger partial charge in [-0.25, -0.2) is 0 Å². The number of hydrogen-bond donors (Lipinski definition) is 2.